The van der Waals surface area contributed by atoms with Gasteiger partial charge in [0.2, 0.25) is 0 Å². The largest absolute Gasteiger partial charge is 0.463 e. The first-order valence-corrected chi connectivity index (χ1v) is 10.1. The first-order valence-electron chi connectivity index (χ1n) is 10.1. The Labute approximate surface area is 142 Å². The fourth-order valence-corrected chi connectivity index (χ4v) is 3.71. The molecule has 2 aliphatic rings. The highest BCUT2D eigenvalue weighted by Gasteiger charge is 2.28. The second kappa shape index (κ2) is 11.1. The van der Waals surface area contributed by atoms with Crippen molar-refractivity contribution in [2.45, 2.75) is 96.5 Å². The molecular weight excluding hydrogens is 288 g/mol. The van der Waals surface area contributed by atoms with Crippen molar-refractivity contribution in [2.24, 2.45) is 11.8 Å². The molecule has 23 heavy (non-hydrogen) atoms. The van der Waals surface area contributed by atoms with Crippen molar-refractivity contribution in [1.82, 2.24) is 0 Å². The van der Waals surface area contributed by atoms with E-state index < -0.39 is 0 Å². The Balaban J connectivity index is 1.75. The highest BCUT2D eigenvalue weighted by atomic mass is 16.6. The molecule has 1 aliphatic heterocycles. The van der Waals surface area contributed by atoms with Gasteiger partial charge in [0.15, 0.2) is 0 Å². The van der Waals surface area contributed by atoms with Crippen molar-refractivity contribution in [2.75, 3.05) is 13.2 Å². The summed E-state index contributed by atoms with van der Waals surface area (Å²) in [7, 11) is 0. The number of hydrogen-bond acceptors (Lipinski definition) is 3. The number of carbonyl (C=O) groups excluding carboxylic acids is 1. The summed E-state index contributed by atoms with van der Waals surface area (Å²) in [5.41, 5.74) is 0. The molecule has 2 rings (SSSR count). The van der Waals surface area contributed by atoms with Crippen molar-refractivity contribution in [3.8, 4) is 0 Å². The van der Waals surface area contributed by atoms with E-state index in [4.69, 9.17) is 9.47 Å². The molecular formula is C20H36O3. The lowest BCUT2D eigenvalue weighted by atomic mass is 9.84. The van der Waals surface area contributed by atoms with Crippen molar-refractivity contribution >= 4 is 5.97 Å². The maximum atomic E-state index is 12.3. The van der Waals surface area contributed by atoms with Crippen LogP contribution in [0, 0.1) is 11.8 Å². The van der Waals surface area contributed by atoms with Gasteiger partial charge in [0.1, 0.15) is 12.7 Å². The third-order valence-electron chi connectivity index (χ3n) is 5.54. The van der Waals surface area contributed by atoms with Gasteiger partial charge >= 0.3 is 5.97 Å². The summed E-state index contributed by atoms with van der Waals surface area (Å²) in [6, 6.07) is 0. The molecule has 2 fully saturated rings. The molecule has 1 aliphatic carbocycles. The van der Waals surface area contributed by atoms with Crippen molar-refractivity contribution < 1.29 is 14.3 Å². The molecule has 0 bridgehead atoms. The Morgan fingerprint density at radius 2 is 1.35 bits per heavy atom. The van der Waals surface area contributed by atoms with Crippen LogP contribution >= 0.6 is 0 Å². The predicted molar refractivity (Wildman–Crippen MR) is 93.4 cm³/mol. The van der Waals surface area contributed by atoms with Gasteiger partial charge in [-0.1, -0.05) is 77.6 Å². The van der Waals surface area contributed by atoms with Gasteiger partial charge in [0.25, 0.3) is 0 Å². The van der Waals surface area contributed by atoms with Crippen LogP contribution in [0.3, 0.4) is 0 Å². The molecule has 0 aromatic heterocycles. The van der Waals surface area contributed by atoms with E-state index in [0.29, 0.717) is 12.5 Å². The lowest BCUT2D eigenvalue weighted by Gasteiger charge is -2.23. The molecule has 0 amide bonds. The molecule has 0 aromatic rings. The second-order valence-electron chi connectivity index (χ2n) is 7.60. The summed E-state index contributed by atoms with van der Waals surface area (Å²) in [6.07, 6.45) is 17.5. The highest BCUT2D eigenvalue weighted by Crippen LogP contribution is 2.27. The van der Waals surface area contributed by atoms with Crippen LogP contribution in [0.15, 0.2) is 0 Å². The summed E-state index contributed by atoms with van der Waals surface area (Å²) in [6.45, 7) is 3.28. The molecule has 2 unspecified atom stereocenters. The van der Waals surface area contributed by atoms with E-state index in [1.165, 1.54) is 83.5 Å². The van der Waals surface area contributed by atoms with Crippen LogP contribution in [0.25, 0.3) is 0 Å². The average Bonchev–Trinajstić information content (AvgIpc) is 3.38. The van der Waals surface area contributed by atoms with Crippen LogP contribution in [-0.2, 0) is 14.3 Å². The molecule has 1 heterocycles. The molecule has 3 heteroatoms. The molecule has 1 saturated carbocycles. The van der Waals surface area contributed by atoms with Crippen LogP contribution in [0.5, 0.6) is 0 Å². The Morgan fingerprint density at radius 1 is 0.913 bits per heavy atom. The third kappa shape index (κ3) is 8.19. The van der Waals surface area contributed by atoms with Crippen LogP contribution in [0.1, 0.15) is 90.4 Å². The van der Waals surface area contributed by atoms with Crippen LogP contribution < -0.4 is 0 Å². The van der Waals surface area contributed by atoms with E-state index in [1.54, 1.807) is 0 Å². The average molecular weight is 325 g/mol. The molecule has 1 saturated heterocycles. The second-order valence-corrected chi connectivity index (χ2v) is 7.60. The number of rotatable bonds is 4. The molecule has 0 aromatic carbocycles. The molecule has 0 spiro atoms. The topological polar surface area (TPSA) is 38.8 Å². The Bertz CT molecular complexity index is 311. The van der Waals surface area contributed by atoms with E-state index in [1.807, 2.05) is 0 Å². The smallest absolute Gasteiger partial charge is 0.309 e. The van der Waals surface area contributed by atoms with Crippen LogP contribution in [0.4, 0.5) is 0 Å². The zero-order valence-corrected chi connectivity index (χ0v) is 15.1. The molecule has 0 N–H and O–H groups in total. The minimum Gasteiger partial charge on any atom is -0.463 e. The lowest BCUT2D eigenvalue weighted by Crippen LogP contribution is -2.25. The summed E-state index contributed by atoms with van der Waals surface area (Å²) in [4.78, 5) is 12.3. The lowest BCUT2D eigenvalue weighted by molar-refractivity contribution is -0.150. The van der Waals surface area contributed by atoms with Crippen LogP contribution in [-0.4, -0.2) is 25.3 Å². The monoisotopic (exact) mass is 324 g/mol. The standard InChI is InChI=1S/C20H36O3/c1-17(20(21)23-16-19-15-22-19)18-13-11-9-7-5-3-2-4-6-8-10-12-14-18/h17-19H,2-16H2,1H3. The van der Waals surface area contributed by atoms with Gasteiger partial charge in [0.05, 0.1) is 12.5 Å². The van der Waals surface area contributed by atoms with Gasteiger partial charge in [-0.15, -0.1) is 0 Å². The Kier molecular flexibility index (Phi) is 9.03. The molecule has 134 valence electrons. The Hall–Kier alpha value is -0.570. The van der Waals surface area contributed by atoms with E-state index in [2.05, 4.69) is 6.92 Å². The maximum absolute atomic E-state index is 12.3. The van der Waals surface area contributed by atoms with Gasteiger partial charge in [-0.05, 0) is 18.8 Å². The predicted octanol–water partition coefficient (Wildman–Crippen LogP) is 5.27. The highest BCUT2D eigenvalue weighted by molar-refractivity contribution is 5.72. The number of esters is 1. The SMILES string of the molecule is CC(C(=O)OCC1CO1)C1CCCCCCCCCCCCC1. The molecule has 0 radical (unpaired) electrons. The number of ether oxygens (including phenoxy) is 2. The van der Waals surface area contributed by atoms with E-state index in [-0.39, 0.29) is 18.0 Å². The van der Waals surface area contributed by atoms with Gasteiger partial charge < -0.3 is 9.47 Å². The zero-order valence-electron chi connectivity index (χ0n) is 15.1. The first-order chi connectivity index (χ1) is 11.3. The van der Waals surface area contributed by atoms with Gasteiger partial charge in [-0.25, -0.2) is 0 Å². The quantitative estimate of drug-likeness (QED) is 0.522. The van der Waals surface area contributed by atoms with Crippen molar-refractivity contribution in [1.29, 1.82) is 0 Å². The van der Waals surface area contributed by atoms with Crippen LogP contribution in [0.2, 0.25) is 0 Å². The fraction of sp³-hybridized carbons (Fsp3) is 0.950. The molecule has 2 atom stereocenters. The summed E-state index contributed by atoms with van der Waals surface area (Å²) < 4.78 is 10.5. The van der Waals surface area contributed by atoms with Gasteiger partial charge in [-0.3, -0.25) is 4.79 Å². The minimum absolute atomic E-state index is 0.00776. The van der Waals surface area contributed by atoms with Gasteiger partial charge in [-0.2, -0.15) is 0 Å². The minimum atomic E-state index is -0.00776. The summed E-state index contributed by atoms with van der Waals surface area (Å²) in [5, 5.41) is 0. The van der Waals surface area contributed by atoms with E-state index in [0.717, 1.165) is 6.61 Å². The van der Waals surface area contributed by atoms with Gasteiger partial charge in [0, 0.05) is 0 Å². The third-order valence-corrected chi connectivity index (χ3v) is 5.54. The Morgan fingerprint density at radius 3 is 1.78 bits per heavy atom. The van der Waals surface area contributed by atoms with Crippen molar-refractivity contribution in [3.63, 3.8) is 0 Å². The first kappa shape index (κ1) is 18.8. The maximum Gasteiger partial charge on any atom is 0.309 e. The fourth-order valence-electron chi connectivity index (χ4n) is 3.71. The molecule has 3 nitrogen and oxygen atoms in total. The normalized spacial score (nSPS) is 26.9. The summed E-state index contributed by atoms with van der Waals surface area (Å²) >= 11 is 0. The number of hydrogen-bond donors (Lipinski definition) is 0. The van der Waals surface area contributed by atoms with Crippen molar-refractivity contribution in [3.05, 3.63) is 0 Å². The van der Waals surface area contributed by atoms with E-state index >= 15 is 0 Å². The summed E-state index contributed by atoms with van der Waals surface area (Å²) in [5.74, 6) is 0.541. The zero-order chi connectivity index (χ0) is 16.3. The number of epoxide rings is 1. The van der Waals surface area contributed by atoms with E-state index in [9.17, 15) is 4.79 Å². The number of carbonyl (C=O) groups is 1.